The van der Waals surface area contributed by atoms with E-state index in [1.807, 2.05) is 25.1 Å². The number of rotatable bonds is 3. The van der Waals surface area contributed by atoms with E-state index in [0.717, 1.165) is 5.56 Å². The molecule has 0 amide bonds. The summed E-state index contributed by atoms with van der Waals surface area (Å²) >= 11 is 0. The second-order valence-electron chi connectivity index (χ2n) is 3.88. The number of ether oxygens (including phenoxy) is 1. The van der Waals surface area contributed by atoms with Gasteiger partial charge in [-0.2, -0.15) is 0 Å². The highest BCUT2D eigenvalue weighted by Crippen LogP contribution is 2.29. The molecular formula is C13H12N2O3. The molecule has 5 heteroatoms. The minimum atomic E-state index is -0.499. The van der Waals surface area contributed by atoms with Crippen molar-refractivity contribution >= 4 is 11.4 Å². The maximum absolute atomic E-state index is 10.7. The van der Waals surface area contributed by atoms with Crippen LogP contribution in [-0.2, 0) is 0 Å². The second kappa shape index (κ2) is 4.75. The molecule has 0 saturated heterocycles. The van der Waals surface area contributed by atoms with Crippen molar-refractivity contribution in [1.29, 1.82) is 0 Å². The number of nitro benzene ring substituents is 1. The summed E-state index contributed by atoms with van der Waals surface area (Å²) in [6, 6.07) is 11.6. The average molecular weight is 244 g/mol. The van der Waals surface area contributed by atoms with Gasteiger partial charge in [0.25, 0.3) is 5.69 Å². The Balaban J connectivity index is 2.35. The van der Waals surface area contributed by atoms with Crippen LogP contribution in [0.2, 0.25) is 0 Å². The summed E-state index contributed by atoms with van der Waals surface area (Å²) in [7, 11) is 0. The first kappa shape index (κ1) is 11.9. The summed E-state index contributed by atoms with van der Waals surface area (Å²) in [4.78, 5) is 10.2. The molecule has 92 valence electrons. The van der Waals surface area contributed by atoms with E-state index >= 15 is 0 Å². The first-order valence-corrected chi connectivity index (χ1v) is 5.35. The normalized spacial score (nSPS) is 10.1. The number of nitrogens with zero attached hydrogens (tertiary/aromatic N) is 1. The zero-order valence-electron chi connectivity index (χ0n) is 9.79. The van der Waals surface area contributed by atoms with Gasteiger partial charge in [-0.1, -0.05) is 18.2 Å². The monoisotopic (exact) mass is 244 g/mol. The third kappa shape index (κ3) is 2.57. The first-order chi connectivity index (χ1) is 8.56. The Kier molecular flexibility index (Phi) is 3.14. The number of non-ortho nitro benzene ring substituents is 1. The van der Waals surface area contributed by atoms with E-state index in [2.05, 4.69) is 0 Å². The minimum absolute atomic E-state index is 0.0846. The lowest BCUT2D eigenvalue weighted by atomic mass is 10.2. The number of hydrogen-bond donors (Lipinski definition) is 1. The quantitative estimate of drug-likeness (QED) is 0.510. The molecule has 0 unspecified atom stereocenters. The van der Waals surface area contributed by atoms with Crippen LogP contribution in [0, 0.1) is 17.0 Å². The number of nitrogens with two attached hydrogens (primary N) is 1. The van der Waals surface area contributed by atoms with E-state index in [1.54, 1.807) is 12.1 Å². The number of hydrogen-bond acceptors (Lipinski definition) is 4. The summed E-state index contributed by atoms with van der Waals surface area (Å²) in [5.41, 5.74) is 6.77. The van der Waals surface area contributed by atoms with Crippen LogP contribution in [0.1, 0.15) is 5.56 Å². The molecule has 5 nitrogen and oxygen atoms in total. The molecular weight excluding hydrogens is 232 g/mol. The predicted molar refractivity (Wildman–Crippen MR) is 68.8 cm³/mol. The Morgan fingerprint density at radius 2 is 1.94 bits per heavy atom. The van der Waals surface area contributed by atoms with Crippen molar-refractivity contribution in [1.82, 2.24) is 0 Å². The van der Waals surface area contributed by atoms with Crippen LogP contribution < -0.4 is 10.5 Å². The van der Waals surface area contributed by atoms with Gasteiger partial charge in [0.2, 0.25) is 0 Å². The lowest BCUT2D eigenvalue weighted by Crippen LogP contribution is -1.94. The Morgan fingerprint density at radius 3 is 2.61 bits per heavy atom. The first-order valence-electron chi connectivity index (χ1n) is 5.35. The van der Waals surface area contributed by atoms with Crippen molar-refractivity contribution in [2.75, 3.05) is 5.73 Å². The minimum Gasteiger partial charge on any atom is -0.457 e. The van der Waals surface area contributed by atoms with E-state index in [4.69, 9.17) is 10.5 Å². The fourth-order valence-corrected chi connectivity index (χ4v) is 1.57. The maximum atomic E-state index is 10.7. The third-order valence-electron chi connectivity index (χ3n) is 2.45. The van der Waals surface area contributed by atoms with Crippen LogP contribution in [0.3, 0.4) is 0 Å². The summed E-state index contributed by atoms with van der Waals surface area (Å²) in [5.74, 6) is 1.01. The highest BCUT2D eigenvalue weighted by Gasteiger charge is 2.10. The van der Waals surface area contributed by atoms with E-state index in [-0.39, 0.29) is 5.69 Å². The molecule has 0 heterocycles. The van der Waals surface area contributed by atoms with Gasteiger partial charge in [-0.15, -0.1) is 0 Å². The zero-order chi connectivity index (χ0) is 13.1. The molecule has 2 aromatic rings. The van der Waals surface area contributed by atoms with Gasteiger partial charge in [-0.25, -0.2) is 0 Å². The number of aryl methyl sites for hydroxylation is 1. The van der Waals surface area contributed by atoms with E-state index in [9.17, 15) is 10.1 Å². The second-order valence-corrected chi connectivity index (χ2v) is 3.88. The number of benzene rings is 2. The van der Waals surface area contributed by atoms with Gasteiger partial charge >= 0.3 is 0 Å². The van der Waals surface area contributed by atoms with Crippen molar-refractivity contribution in [3.05, 3.63) is 58.1 Å². The standard InChI is InChI=1S/C13H12N2O3/c1-9-4-2-3-5-13(9)18-12-7-10(14)6-11(8-12)15(16)17/h2-8H,14H2,1H3. The van der Waals surface area contributed by atoms with Crippen LogP contribution in [-0.4, -0.2) is 4.92 Å². The fourth-order valence-electron chi connectivity index (χ4n) is 1.57. The van der Waals surface area contributed by atoms with Crippen LogP contribution in [0.15, 0.2) is 42.5 Å². The van der Waals surface area contributed by atoms with Gasteiger partial charge in [0.15, 0.2) is 0 Å². The van der Waals surface area contributed by atoms with Gasteiger partial charge in [0, 0.05) is 17.8 Å². The lowest BCUT2D eigenvalue weighted by molar-refractivity contribution is -0.384. The van der Waals surface area contributed by atoms with Crippen molar-refractivity contribution in [3.63, 3.8) is 0 Å². The van der Waals surface area contributed by atoms with E-state index in [0.29, 0.717) is 17.2 Å². The smallest absolute Gasteiger partial charge is 0.275 e. The average Bonchev–Trinajstić information content (AvgIpc) is 2.31. The van der Waals surface area contributed by atoms with E-state index < -0.39 is 4.92 Å². The Bertz CT molecular complexity index is 597. The van der Waals surface area contributed by atoms with Gasteiger partial charge in [0.05, 0.1) is 11.0 Å². The SMILES string of the molecule is Cc1ccccc1Oc1cc(N)cc([N+](=O)[O-])c1. The molecule has 2 aromatic carbocycles. The topological polar surface area (TPSA) is 78.4 Å². The zero-order valence-corrected chi connectivity index (χ0v) is 9.79. The molecule has 0 aromatic heterocycles. The molecule has 0 spiro atoms. The molecule has 2 rings (SSSR count). The highest BCUT2D eigenvalue weighted by atomic mass is 16.6. The summed E-state index contributed by atoms with van der Waals surface area (Å²) in [6.45, 7) is 1.90. The van der Waals surface area contributed by atoms with Gasteiger partial charge in [-0.3, -0.25) is 10.1 Å². The maximum Gasteiger partial charge on any atom is 0.275 e. The molecule has 18 heavy (non-hydrogen) atoms. The Morgan fingerprint density at radius 1 is 1.22 bits per heavy atom. The van der Waals surface area contributed by atoms with Crippen LogP contribution >= 0.6 is 0 Å². The number of nitrogen functional groups attached to an aromatic ring is 1. The van der Waals surface area contributed by atoms with Crippen LogP contribution in [0.5, 0.6) is 11.5 Å². The molecule has 0 atom stereocenters. The van der Waals surface area contributed by atoms with Gasteiger partial charge < -0.3 is 10.5 Å². The summed E-state index contributed by atoms with van der Waals surface area (Å²) in [6.07, 6.45) is 0. The highest BCUT2D eigenvalue weighted by molar-refractivity contribution is 5.54. The molecule has 0 fully saturated rings. The lowest BCUT2D eigenvalue weighted by Gasteiger charge is -2.08. The largest absolute Gasteiger partial charge is 0.457 e. The molecule has 0 saturated carbocycles. The predicted octanol–water partition coefficient (Wildman–Crippen LogP) is 3.28. The Labute approximate surface area is 104 Å². The third-order valence-corrected chi connectivity index (χ3v) is 2.45. The fraction of sp³-hybridized carbons (Fsp3) is 0.0769. The molecule has 0 aliphatic rings. The van der Waals surface area contributed by atoms with Crippen molar-refractivity contribution in [2.24, 2.45) is 0 Å². The van der Waals surface area contributed by atoms with Crippen molar-refractivity contribution < 1.29 is 9.66 Å². The summed E-state index contributed by atoms with van der Waals surface area (Å²) in [5, 5.41) is 10.7. The molecule has 0 bridgehead atoms. The van der Waals surface area contributed by atoms with Crippen LogP contribution in [0.4, 0.5) is 11.4 Å². The molecule has 0 radical (unpaired) electrons. The molecule has 0 aliphatic heterocycles. The van der Waals surface area contributed by atoms with Crippen LogP contribution in [0.25, 0.3) is 0 Å². The summed E-state index contributed by atoms with van der Waals surface area (Å²) < 4.78 is 5.60. The van der Waals surface area contributed by atoms with Gasteiger partial charge in [0.1, 0.15) is 11.5 Å². The number of nitro groups is 1. The van der Waals surface area contributed by atoms with Crippen molar-refractivity contribution in [2.45, 2.75) is 6.92 Å². The van der Waals surface area contributed by atoms with Crippen molar-refractivity contribution in [3.8, 4) is 11.5 Å². The van der Waals surface area contributed by atoms with Gasteiger partial charge in [-0.05, 0) is 18.6 Å². The Hall–Kier alpha value is -2.56. The number of para-hydroxylation sites is 1. The van der Waals surface area contributed by atoms with E-state index in [1.165, 1.54) is 12.1 Å². The molecule has 2 N–H and O–H groups in total. The number of anilines is 1. The molecule has 0 aliphatic carbocycles.